The van der Waals surface area contributed by atoms with Gasteiger partial charge in [-0.3, -0.25) is 10.1 Å². The SMILES string of the molecule is Cc1ccc(NC2CCN(C)CC2C)c([N+](=O)[O-])c1. The Hall–Kier alpha value is -1.62. The summed E-state index contributed by atoms with van der Waals surface area (Å²) in [5, 5.41) is 14.5. The van der Waals surface area contributed by atoms with Gasteiger partial charge in [0.1, 0.15) is 5.69 Å². The van der Waals surface area contributed by atoms with Gasteiger partial charge in [0.2, 0.25) is 0 Å². The second-order valence-corrected chi connectivity index (χ2v) is 5.56. The summed E-state index contributed by atoms with van der Waals surface area (Å²) >= 11 is 0. The zero-order valence-electron chi connectivity index (χ0n) is 11.7. The van der Waals surface area contributed by atoms with Crippen LogP contribution in [0, 0.1) is 23.0 Å². The van der Waals surface area contributed by atoms with E-state index >= 15 is 0 Å². The van der Waals surface area contributed by atoms with Gasteiger partial charge in [-0.1, -0.05) is 13.0 Å². The zero-order chi connectivity index (χ0) is 14.0. The highest BCUT2D eigenvalue weighted by atomic mass is 16.6. The number of hydrogen-bond acceptors (Lipinski definition) is 4. The molecule has 0 aliphatic carbocycles. The Morgan fingerprint density at radius 3 is 2.84 bits per heavy atom. The van der Waals surface area contributed by atoms with Crippen molar-refractivity contribution in [2.75, 3.05) is 25.5 Å². The highest BCUT2D eigenvalue weighted by Gasteiger charge is 2.26. The molecule has 5 nitrogen and oxygen atoms in total. The number of nitrogens with one attached hydrogen (secondary N) is 1. The van der Waals surface area contributed by atoms with E-state index in [1.54, 1.807) is 6.07 Å². The highest BCUT2D eigenvalue weighted by Crippen LogP contribution is 2.28. The molecule has 2 atom stereocenters. The second-order valence-electron chi connectivity index (χ2n) is 5.56. The Labute approximate surface area is 113 Å². The fourth-order valence-electron chi connectivity index (χ4n) is 2.68. The first-order chi connectivity index (χ1) is 8.97. The van der Waals surface area contributed by atoms with Crippen molar-refractivity contribution in [3.8, 4) is 0 Å². The lowest BCUT2D eigenvalue weighted by atomic mass is 9.94. The molecule has 1 aliphatic heterocycles. The Morgan fingerprint density at radius 1 is 1.47 bits per heavy atom. The average Bonchev–Trinajstić information content (AvgIpc) is 2.34. The van der Waals surface area contributed by atoms with E-state index in [2.05, 4.69) is 24.2 Å². The first-order valence-corrected chi connectivity index (χ1v) is 6.67. The third kappa shape index (κ3) is 3.23. The standard InChI is InChI=1S/C14H21N3O2/c1-10-4-5-13(14(8-10)17(18)19)15-12-6-7-16(3)9-11(12)2/h4-5,8,11-12,15H,6-7,9H2,1-3H3. The predicted molar refractivity (Wildman–Crippen MR) is 76.5 cm³/mol. The Morgan fingerprint density at radius 2 is 2.21 bits per heavy atom. The molecule has 0 aromatic heterocycles. The van der Waals surface area contributed by atoms with Gasteiger partial charge in [0, 0.05) is 18.7 Å². The van der Waals surface area contributed by atoms with E-state index in [1.807, 2.05) is 19.1 Å². The number of hydrogen-bond donors (Lipinski definition) is 1. The minimum absolute atomic E-state index is 0.172. The minimum atomic E-state index is -0.311. The summed E-state index contributed by atoms with van der Waals surface area (Å²) in [6, 6.07) is 5.66. The molecule has 1 aliphatic rings. The molecule has 0 amide bonds. The van der Waals surface area contributed by atoms with Gasteiger partial charge in [0.05, 0.1) is 4.92 Å². The summed E-state index contributed by atoms with van der Waals surface area (Å²) in [5.74, 6) is 0.486. The minimum Gasteiger partial charge on any atom is -0.376 e. The van der Waals surface area contributed by atoms with Crippen molar-refractivity contribution in [3.63, 3.8) is 0 Å². The van der Waals surface area contributed by atoms with E-state index in [4.69, 9.17) is 0 Å². The maximum absolute atomic E-state index is 11.1. The third-order valence-electron chi connectivity index (χ3n) is 3.80. The Kier molecular flexibility index (Phi) is 4.04. The molecule has 0 bridgehead atoms. The van der Waals surface area contributed by atoms with Gasteiger partial charge in [0.15, 0.2) is 0 Å². The van der Waals surface area contributed by atoms with E-state index in [-0.39, 0.29) is 10.6 Å². The molecule has 0 spiro atoms. The Balaban J connectivity index is 2.17. The van der Waals surface area contributed by atoms with Crippen LogP contribution < -0.4 is 5.32 Å². The van der Waals surface area contributed by atoms with E-state index in [0.29, 0.717) is 17.6 Å². The van der Waals surface area contributed by atoms with Crippen LogP contribution in [-0.4, -0.2) is 36.0 Å². The summed E-state index contributed by atoms with van der Waals surface area (Å²) in [4.78, 5) is 13.1. The van der Waals surface area contributed by atoms with Crippen LogP contribution in [0.2, 0.25) is 0 Å². The molecule has 1 heterocycles. The topological polar surface area (TPSA) is 58.4 Å². The van der Waals surface area contributed by atoms with Crippen molar-refractivity contribution in [2.45, 2.75) is 26.3 Å². The number of nitro benzene ring substituents is 1. The lowest BCUT2D eigenvalue weighted by molar-refractivity contribution is -0.384. The van der Waals surface area contributed by atoms with Crippen LogP contribution in [0.25, 0.3) is 0 Å². The molecule has 2 rings (SSSR count). The first kappa shape index (κ1) is 13.8. The van der Waals surface area contributed by atoms with E-state index in [1.165, 1.54) is 0 Å². The fraction of sp³-hybridized carbons (Fsp3) is 0.571. The van der Waals surface area contributed by atoms with Crippen LogP contribution in [0.4, 0.5) is 11.4 Å². The number of piperidine rings is 1. The van der Waals surface area contributed by atoms with Crippen molar-refractivity contribution in [1.82, 2.24) is 4.90 Å². The van der Waals surface area contributed by atoms with Crippen LogP contribution in [0.3, 0.4) is 0 Å². The molecule has 1 saturated heterocycles. The van der Waals surface area contributed by atoms with Crippen LogP contribution in [-0.2, 0) is 0 Å². The molecular weight excluding hydrogens is 242 g/mol. The van der Waals surface area contributed by atoms with Gasteiger partial charge >= 0.3 is 0 Å². The predicted octanol–water partition coefficient (Wildman–Crippen LogP) is 2.66. The Bertz CT molecular complexity index is 476. The van der Waals surface area contributed by atoms with Gasteiger partial charge < -0.3 is 10.2 Å². The van der Waals surface area contributed by atoms with Gasteiger partial charge in [-0.2, -0.15) is 0 Å². The van der Waals surface area contributed by atoms with E-state index in [0.717, 1.165) is 25.1 Å². The first-order valence-electron chi connectivity index (χ1n) is 6.67. The van der Waals surface area contributed by atoms with Crippen molar-refractivity contribution in [2.24, 2.45) is 5.92 Å². The molecular formula is C14H21N3O2. The zero-order valence-corrected chi connectivity index (χ0v) is 11.7. The lowest BCUT2D eigenvalue weighted by Crippen LogP contribution is -2.43. The van der Waals surface area contributed by atoms with Crippen molar-refractivity contribution >= 4 is 11.4 Å². The molecule has 104 valence electrons. The largest absolute Gasteiger partial charge is 0.376 e. The summed E-state index contributed by atoms with van der Waals surface area (Å²) in [6.45, 7) is 6.11. The molecule has 2 unspecified atom stereocenters. The van der Waals surface area contributed by atoms with Gasteiger partial charge in [-0.25, -0.2) is 0 Å². The quantitative estimate of drug-likeness (QED) is 0.673. The molecule has 5 heteroatoms. The fourth-order valence-corrected chi connectivity index (χ4v) is 2.68. The number of nitro groups is 1. The summed E-state index contributed by atoms with van der Waals surface area (Å²) < 4.78 is 0. The molecule has 0 radical (unpaired) electrons. The number of aryl methyl sites for hydroxylation is 1. The van der Waals surface area contributed by atoms with Crippen LogP contribution in [0.1, 0.15) is 18.9 Å². The monoisotopic (exact) mass is 263 g/mol. The highest BCUT2D eigenvalue weighted by molar-refractivity contribution is 5.63. The molecule has 1 N–H and O–H groups in total. The summed E-state index contributed by atoms with van der Waals surface area (Å²) in [7, 11) is 2.11. The number of benzene rings is 1. The normalized spacial score (nSPS) is 24.2. The number of nitrogens with zero attached hydrogens (tertiary/aromatic N) is 2. The number of anilines is 1. The van der Waals surface area contributed by atoms with E-state index in [9.17, 15) is 10.1 Å². The average molecular weight is 263 g/mol. The number of rotatable bonds is 3. The molecule has 1 fully saturated rings. The van der Waals surface area contributed by atoms with Gasteiger partial charge in [-0.15, -0.1) is 0 Å². The molecule has 0 saturated carbocycles. The smallest absolute Gasteiger partial charge is 0.292 e. The molecule has 1 aromatic rings. The molecule has 19 heavy (non-hydrogen) atoms. The maximum Gasteiger partial charge on any atom is 0.292 e. The van der Waals surface area contributed by atoms with Crippen LogP contribution >= 0.6 is 0 Å². The summed E-state index contributed by atoms with van der Waals surface area (Å²) in [6.07, 6.45) is 1.02. The van der Waals surface area contributed by atoms with Gasteiger partial charge in [0.25, 0.3) is 5.69 Å². The summed E-state index contributed by atoms with van der Waals surface area (Å²) in [5.41, 5.74) is 1.72. The van der Waals surface area contributed by atoms with Crippen LogP contribution in [0.5, 0.6) is 0 Å². The second kappa shape index (κ2) is 5.57. The van der Waals surface area contributed by atoms with Crippen molar-refractivity contribution in [1.29, 1.82) is 0 Å². The maximum atomic E-state index is 11.1. The number of likely N-dealkylation sites (tertiary alicyclic amines) is 1. The third-order valence-corrected chi connectivity index (χ3v) is 3.80. The van der Waals surface area contributed by atoms with Crippen molar-refractivity contribution < 1.29 is 4.92 Å². The van der Waals surface area contributed by atoms with Crippen molar-refractivity contribution in [3.05, 3.63) is 33.9 Å². The van der Waals surface area contributed by atoms with E-state index < -0.39 is 0 Å². The molecule has 1 aromatic carbocycles. The van der Waals surface area contributed by atoms with Crippen LogP contribution in [0.15, 0.2) is 18.2 Å². The van der Waals surface area contributed by atoms with Gasteiger partial charge in [-0.05, 0) is 44.5 Å². The lowest BCUT2D eigenvalue weighted by Gasteiger charge is -2.35.